The maximum atomic E-state index is 10.4. The molecule has 0 spiro atoms. The van der Waals surface area contributed by atoms with Gasteiger partial charge < -0.3 is 9.84 Å². The van der Waals surface area contributed by atoms with Crippen molar-refractivity contribution >= 4 is 15.9 Å². The summed E-state index contributed by atoms with van der Waals surface area (Å²) in [4.78, 5) is 0. The van der Waals surface area contributed by atoms with Gasteiger partial charge in [-0.3, -0.25) is 0 Å². The van der Waals surface area contributed by atoms with Crippen LogP contribution >= 0.6 is 15.9 Å². The van der Waals surface area contributed by atoms with Gasteiger partial charge in [-0.25, -0.2) is 0 Å². The average Bonchev–Trinajstić information content (AvgIpc) is 2.39. The van der Waals surface area contributed by atoms with Gasteiger partial charge in [0.25, 0.3) is 0 Å². The van der Waals surface area contributed by atoms with Crippen LogP contribution in [0.2, 0.25) is 0 Å². The number of aliphatic hydroxyl groups is 1. The van der Waals surface area contributed by atoms with Crippen LogP contribution in [0, 0.1) is 11.8 Å². The molecule has 1 aromatic carbocycles. The number of benzene rings is 1. The molecule has 19 heavy (non-hydrogen) atoms. The molecular weight excluding hydrogens is 304 g/mol. The molecule has 1 fully saturated rings. The van der Waals surface area contributed by atoms with Crippen LogP contribution in [0.1, 0.15) is 38.2 Å². The molecule has 1 aromatic rings. The molecule has 1 atom stereocenters. The number of methoxy groups -OCH3 is 1. The molecule has 1 aliphatic rings. The predicted octanol–water partition coefficient (Wildman–Crippen LogP) is 4.19. The molecule has 2 nitrogen and oxygen atoms in total. The van der Waals surface area contributed by atoms with Crippen molar-refractivity contribution in [3.05, 3.63) is 28.2 Å². The van der Waals surface area contributed by atoms with Gasteiger partial charge in [0.2, 0.25) is 0 Å². The molecule has 3 heteroatoms. The van der Waals surface area contributed by atoms with Crippen molar-refractivity contribution < 1.29 is 9.84 Å². The molecule has 1 aliphatic carbocycles. The molecular formula is C16H23BrO2. The van der Waals surface area contributed by atoms with Gasteiger partial charge in [-0.1, -0.05) is 25.8 Å². The van der Waals surface area contributed by atoms with Crippen molar-refractivity contribution in [2.75, 3.05) is 7.11 Å². The minimum atomic E-state index is -0.215. The molecule has 1 saturated carbocycles. The Morgan fingerprint density at radius 2 is 2.00 bits per heavy atom. The minimum absolute atomic E-state index is 0.215. The topological polar surface area (TPSA) is 29.5 Å². The third kappa shape index (κ3) is 3.96. The number of hydrogen-bond acceptors (Lipinski definition) is 2. The Labute approximate surface area is 124 Å². The van der Waals surface area contributed by atoms with Crippen LogP contribution in [0.4, 0.5) is 0 Å². The Kier molecular flexibility index (Phi) is 5.28. The third-order valence-corrected chi connectivity index (χ3v) is 4.89. The number of halogens is 1. The smallest absolute Gasteiger partial charge is 0.133 e. The van der Waals surface area contributed by atoms with Crippen LogP contribution < -0.4 is 4.74 Å². The summed E-state index contributed by atoms with van der Waals surface area (Å²) < 4.78 is 6.18. The van der Waals surface area contributed by atoms with E-state index in [4.69, 9.17) is 4.74 Å². The van der Waals surface area contributed by atoms with Gasteiger partial charge in [0, 0.05) is 0 Å². The lowest BCUT2D eigenvalue weighted by Crippen LogP contribution is -2.26. The number of aliphatic hydroxyl groups excluding tert-OH is 1. The largest absolute Gasteiger partial charge is 0.496 e. The Bertz CT molecular complexity index is 411. The van der Waals surface area contributed by atoms with E-state index in [1.54, 1.807) is 7.11 Å². The first kappa shape index (κ1) is 14.9. The van der Waals surface area contributed by atoms with Gasteiger partial charge in [0.15, 0.2) is 0 Å². The van der Waals surface area contributed by atoms with E-state index in [1.165, 1.54) is 31.2 Å². The summed E-state index contributed by atoms with van der Waals surface area (Å²) in [5.74, 6) is 2.14. The highest BCUT2D eigenvalue weighted by atomic mass is 79.9. The van der Waals surface area contributed by atoms with Crippen molar-refractivity contribution in [1.29, 1.82) is 0 Å². The molecule has 106 valence electrons. The fourth-order valence-electron chi connectivity index (χ4n) is 2.92. The van der Waals surface area contributed by atoms with Crippen LogP contribution in [0.3, 0.4) is 0 Å². The van der Waals surface area contributed by atoms with E-state index in [-0.39, 0.29) is 6.10 Å². The quantitative estimate of drug-likeness (QED) is 0.899. The average molecular weight is 327 g/mol. The standard InChI is InChI=1S/C16H23BrO2/c1-11-3-6-13(7-4-11)15(18)10-12-5-8-16(19-2)14(17)9-12/h5,8-9,11,13,15,18H,3-4,6-7,10H2,1-2H3. The highest BCUT2D eigenvalue weighted by Gasteiger charge is 2.24. The maximum absolute atomic E-state index is 10.4. The van der Waals surface area contributed by atoms with Gasteiger partial charge in [-0.15, -0.1) is 0 Å². The van der Waals surface area contributed by atoms with Crippen molar-refractivity contribution in [2.45, 2.75) is 45.1 Å². The summed E-state index contributed by atoms with van der Waals surface area (Å²) >= 11 is 3.49. The van der Waals surface area contributed by atoms with Gasteiger partial charge in [0.1, 0.15) is 5.75 Å². The fraction of sp³-hybridized carbons (Fsp3) is 0.625. The van der Waals surface area contributed by atoms with E-state index < -0.39 is 0 Å². The second kappa shape index (κ2) is 6.76. The normalized spacial score (nSPS) is 25.1. The molecule has 2 rings (SSSR count). The Hall–Kier alpha value is -0.540. The van der Waals surface area contributed by atoms with Gasteiger partial charge in [0.05, 0.1) is 17.7 Å². The Morgan fingerprint density at radius 3 is 2.58 bits per heavy atom. The third-order valence-electron chi connectivity index (χ3n) is 4.27. The Morgan fingerprint density at radius 1 is 1.32 bits per heavy atom. The van der Waals surface area contributed by atoms with E-state index in [1.807, 2.05) is 18.2 Å². The number of ether oxygens (including phenoxy) is 1. The molecule has 0 aromatic heterocycles. The summed E-state index contributed by atoms with van der Waals surface area (Å²) in [6.07, 6.45) is 5.37. The zero-order valence-electron chi connectivity index (χ0n) is 11.7. The number of hydrogen-bond donors (Lipinski definition) is 1. The molecule has 1 unspecified atom stereocenters. The maximum Gasteiger partial charge on any atom is 0.133 e. The van der Waals surface area contributed by atoms with Crippen molar-refractivity contribution in [3.63, 3.8) is 0 Å². The van der Waals surface area contributed by atoms with Gasteiger partial charge in [-0.05, 0) is 64.7 Å². The molecule has 0 radical (unpaired) electrons. The summed E-state index contributed by atoms with van der Waals surface area (Å²) in [5, 5.41) is 10.4. The highest BCUT2D eigenvalue weighted by Crippen LogP contribution is 2.32. The van der Waals surface area contributed by atoms with E-state index in [0.717, 1.165) is 22.6 Å². The summed E-state index contributed by atoms with van der Waals surface area (Å²) in [6, 6.07) is 6.04. The van der Waals surface area contributed by atoms with E-state index in [2.05, 4.69) is 22.9 Å². The summed E-state index contributed by atoms with van der Waals surface area (Å²) in [6.45, 7) is 2.31. The first-order valence-corrected chi connectivity index (χ1v) is 7.90. The molecule has 0 bridgehead atoms. The molecule has 0 aliphatic heterocycles. The van der Waals surface area contributed by atoms with Crippen LogP contribution in [0.15, 0.2) is 22.7 Å². The molecule has 1 N–H and O–H groups in total. The molecule has 0 saturated heterocycles. The van der Waals surface area contributed by atoms with Gasteiger partial charge >= 0.3 is 0 Å². The fourth-order valence-corrected chi connectivity index (χ4v) is 3.50. The lowest BCUT2D eigenvalue weighted by Gasteiger charge is -2.30. The minimum Gasteiger partial charge on any atom is -0.496 e. The number of rotatable bonds is 4. The zero-order chi connectivity index (χ0) is 13.8. The first-order chi connectivity index (χ1) is 9.10. The van der Waals surface area contributed by atoms with E-state index in [9.17, 15) is 5.11 Å². The van der Waals surface area contributed by atoms with Crippen LogP contribution in [0.5, 0.6) is 5.75 Å². The molecule has 0 amide bonds. The van der Waals surface area contributed by atoms with E-state index in [0.29, 0.717) is 5.92 Å². The van der Waals surface area contributed by atoms with E-state index >= 15 is 0 Å². The van der Waals surface area contributed by atoms with Crippen molar-refractivity contribution in [2.24, 2.45) is 11.8 Å². The summed E-state index contributed by atoms with van der Waals surface area (Å²) in [5.41, 5.74) is 1.17. The Balaban J connectivity index is 1.95. The lowest BCUT2D eigenvalue weighted by molar-refractivity contribution is 0.0760. The highest BCUT2D eigenvalue weighted by molar-refractivity contribution is 9.10. The SMILES string of the molecule is COc1ccc(CC(O)C2CCC(C)CC2)cc1Br. The van der Waals surface area contributed by atoms with Crippen LogP contribution in [-0.4, -0.2) is 18.3 Å². The monoisotopic (exact) mass is 326 g/mol. The van der Waals surface area contributed by atoms with Crippen LogP contribution in [0.25, 0.3) is 0 Å². The van der Waals surface area contributed by atoms with Crippen molar-refractivity contribution in [1.82, 2.24) is 0 Å². The van der Waals surface area contributed by atoms with Crippen LogP contribution in [-0.2, 0) is 6.42 Å². The lowest BCUT2D eigenvalue weighted by atomic mass is 9.79. The second-order valence-corrected chi connectivity index (χ2v) is 6.61. The van der Waals surface area contributed by atoms with Gasteiger partial charge in [-0.2, -0.15) is 0 Å². The first-order valence-electron chi connectivity index (χ1n) is 7.10. The predicted molar refractivity (Wildman–Crippen MR) is 81.5 cm³/mol. The molecule has 0 heterocycles. The zero-order valence-corrected chi connectivity index (χ0v) is 13.3. The van der Waals surface area contributed by atoms with Crippen molar-refractivity contribution in [3.8, 4) is 5.75 Å². The second-order valence-electron chi connectivity index (χ2n) is 5.76. The summed E-state index contributed by atoms with van der Waals surface area (Å²) in [7, 11) is 1.66.